The minimum absolute atomic E-state index is 0.300. The average Bonchev–Trinajstić information content (AvgIpc) is 2.87. The van der Waals surface area contributed by atoms with Crippen LogP contribution in [-0.2, 0) is 6.42 Å². The highest BCUT2D eigenvalue weighted by molar-refractivity contribution is 6.39. The number of hydrogen-bond donors (Lipinski definition) is 0. The summed E-state index contributed by atoms with van der Waals surface area (Å²) in [5.74, 6) is -1.84. The number of imide groups is 2. The summed E-state index contributed by atoms with van der Waals surface area (Å²) in [6.45, 7) is 2.05. The van der Waals surface area contributed by atoms with Gasteiger partial charge in [0.05, 0.1) is 5.69 Å². The van der Waals surface area contributed by atoms with Crippen LogP contribution in [0.25, 0.3) is 10.8 Å². The molecule has 6 rings (SSSR count). The van der Waals surface area contributed by atoms with E-state index >= 15 is 0 Å². The van der Waals surface area contributed by atoms with Crippen molar-refractivity contribution >= 4 is 40.1 Å². The Morgan fingerprint density at radius 2 is 0.943 bits per heavy atom. The first kappa shape index (κ1) is 21.0. The van der Waals surface area contributed by atoms with Gasteiger partial charge in [0.1, 0.15) is 0 Å². The second-order valence-electron chi connectivity index (χ2n) is 9.02. The third kappa shape index (κ3) is 3.03. The maximum Gasteiger partial charge on any atom is 0.265 e. The van der Waals surface area contributed by atoms with Gasteiger partial charge in [-0.25, -0.2) is 4.90 Å². The lowest BCUT2D eigenvalue weighted by Crippen LogP contribution is -2.42. The SMILES string of the molecule is Cc1ccc(Cc2ccc(N3C(=O)c4ccc5c6c(ccc(c46)C3=O)C(=O)N(C)C5=O)cc2)cc1. The molecule has 0 fully saturated rings. The molecule has 0 bridgehead atoms. The Morgan fingerprint density at radius 1 is 0.543 bits per heavy atom. The number of rotatable bonds is 3. The van der Waals surface area contributed by atoms with Gasteiger partial charge in [-0.3, -0.25) is 24.1 Å². The third-order valence-electron chi connectivity index (χ3n) is 6.82. The minimum atomic E-state index is -0.476. The van der Waals surface area contributed by atoms with E-state index in [2.05, 4.69) is 24.3 Å². The van der Waals surface area contributed by atoms with Crippen molar-refractivity contribution < 1.29 is 19.2 Å². The van der Waals surface area contributed by atoms with Crippen LogP contribution < -0.4 is 4.90 Å². The van der Waals surface area contributed by atoms with Gasteiger partial charge in [0, 0.05) is 40.1 Å². The van der Waals surface area contributed by atoms with Crippen LogP contribution in [0, 0.1) is 6.92 Å². The zero-order valence-corrected chi connectivity index (χ0v) is 19.2. The summed E-state index contributed by atoms with van der Waals surface area (Å²) in [4.78, 5) is 54.6. The van der Waals surface area contributed by atoms with E-state index in [9.17, 15) is 19.2 Å². The van der Waals surface area contributed by atoms with Gasteiger partial charge in [-0.05, 0) is 60.9 Å². The molecular weight excluding hydrogens is 440 g/mol. The van der Waals surface area contributed by atoms with Gasteiger partial charge in [0.25, 0.3) is 23.6 Å². The van der Waals surface area contributed by atoms with Gasteiger partial charge in [-0.1, -0.05) is 42.0 Å². The van der Waals surface area contributed by atoms with Crippen molar-refractivity contribution in [3.8, 4) is 0 Å². The van der Waals surface area contributed by atoms with E-state index < -0.39 is 23.6 Å². The number of aryl methyl sites for hydroxylation is 1. The summed E-state index contributed by atoms with van der Waals surface area (Å²) in [6.07, 6.45) is 0.743. The lowest BCUT2D eigenvalue weighted by molar-refractivity contribution is 0.0649. The topological polar surface area (TPSA) is 74.8 Å². The van der Waals surface area contributed by atoms with Crippen molar-refractivity contribution in [2.75, 3.05) is 11.9 Å². The van der Waals surface area contributed by atoms with Crippen molar-refractivity contribution in [3.05, 3.63) is 112 Å². The summed E-state index contributed by atoms with van der Waals surface area (Å²) in [7, 11) is 1.42. The van der Waals surface area contributed by atoms with Gasteiger partial charge >= 0.3 is 0 Å². The van der Waals surface area contributed by atoms with E-state index in [-0.39, 0.29) is 0 Å². The maximum absolute atomic E-state index is 13.5. The molecule has 6 nitrogen and oxygen atoms in total. The van der Waals surface area contributed by atoms with Crippen LogP contribution in [0.5, 0.6) is 0 Å². The fourth-order valence-electron chi connectivity index (χ4n) is 4.93. The van der Waals surface area contributed by atoms with E-state index in [1.54, 1.807) is 36.4 Å². The first-order valence-corrected chi connectivity index (χ1v) is 11.3. The minimum Gasteiger partial charge on any atom is -0.277 e. The van der Waals surface area contributed by atoms with E-state index in [1.165, 1.54) is 18.2 Å². The monoisotopic (exact) mass is 460 g/mol. The number of carbonyl (C=O) groups is 4. The van der Waals surface area contributed by atoms with Crippen molar-refractivity contribution in [2.45, 2.75) is 13.3 Å². The van der Waals surface area contributed by atoms with Crippen LogP contribution in [-0.4, -0.2) is 35.6 Å². The standard InChI is InChI=1S/C29H20N2O4/c1-16-3-5-17(6-4-16)15-18-7-9-19(10-8-18)31-28(34)22-13-11-20-24-21(27(33)30(2)26(20)32)12-14-23(25(22)24)29(31)35/h3-14H,15H2,1-2H3. The molecule has 35 heavy (non-hydrogen) atoms. The number of anilines is 1. The Balaban J connectivity index is 1.40. The predicted octanol–water partition coefficient (Wildman–Crippen LogP) is 4.77. The van der Waals surface area contributed by atoms with Crippen LogP contribution in [0.1, 0.15) is 58.1 Å². The van der Waals surface area contributed by atoms with Crippen molar-refractivity contribution in [1.29, 1.82) is 0 Å². The van der Waals surface area contributed by atoms with E-state index in [0.29, 0.717) is 38.7 Å². The summed E-state index contributed by atoms with van der Waals surface area (Å²) in [5.41, 5.74) is 5.15. The molecular formula is C29H20N2O4. The fourth-order valence-corrected chi connectivity index (χ4v) is 4.93. The Hall–Kier alpha value is -4.58. The molecule has 0 saturated heterocycles. The third-order valence-corrected chi connectivity index (χ3v) is 6.82. The molecule has 0 unspecified atom stereocenters. The van der Waals surface area contributed by atoms with Crippen molar-refractivity contribution in [2.24, 2.45) is 0 Å². The first-order chi connectivity index (χ1) is 16.8. The summed E-state index contributed by atoms with van der Waals surface area (Å²) in [6, 6.07) is 22.0. The fraction of sp³-hybridized carbons (Fsp3) is 0.103. The smallest absolute Gasteiger partial charge is 0.265 e. The average molecular weight is 460 g/mol. The van der Waals surface area contributed by atoms with Crippen LogP contribution in [0.4, 0.5) is 5.69 Å². The van der Waals surface area contributed by atoms with Crippen LogP contribution in [0.2, 0.25) is 0 Å². The largest absolute Gasteiger partial charge is 0.277 e. The molecule has 4 aromatic rings. The zero-order chi connectivity index (χ0) is 24.4. The van der Waals surface area contributed by atoms with E-state index in [1.807, 2.05) is 19.1 Å². The first-order valence-electron chi connectivity index (χ1n) is 11.3. The molecule has 0 aromatic heterocycles. The van der Waals surface area contributed by atoms with Gasteiger partial charge in [-0.15, -0.1) is 0 Å². The Bertz CT molecular complexity index is 1530. The zero-order valence-electron chi connectivity index (χ0n) is 19.2. The molecule has 2 aliphatic heterocycles. The van der Waals surface area contributed by atoms with Gasteiger partial charge in [0.2, 0.25) is 0 Å². The maximum atomic E-state index is 13.5. The molecule has 6 heteroatoms. The normalized spacial score (nSPS) is 14.8. The molecule has 4 aromatic carbocycles. The Kier molecular flexibility index (Phi) is 4.48. The second kappa shape index (κ2) is 7.46. The highest BCUT2D eigenvalue weighted by Gasteiger charge is 2.39. The van der Waals surface area contributed by atoms with Crippen LogP contribution in [0.15, 0.2) is 72.8 Å². The summed E-state index contributed by atoms with van der Waals surface area (Å²) >= 11 is 0. The quantitative estimate of drug-likeness (QED) is 0.413. The highest BCUT2D eigenvalue weighted by atomic mass is 16.2. The number of benzene rings is 4. The molecule has 2 heterocycles. The molecule has 0 atom stereocenters. The van der Waals surface area contributed by atoms with Gasteiger partial charge in [-0.2, -0.15) is 0 Å². The number of hydrogen-bond acceptors (Lipinski definition) is 4. The second-order valence-corrected chi connectivity index (χ2v) is 9.02. The summed E-state index contributed by atoms with van der Waals surface area (Å²) in [5, 5.41) is 0.750. The molecule has 0 aliphatic carbocycles. The van der Waals surface area contributed by atoms with Crippen molar-refractivity contribution in [3.63, 3.8) is 0 Å². The van der Waals surface area contributed by atoms with Gasteiger partial charge < -0.3 is 0 Å². The van der Waals surface area contributed by atoms with E-state index in [4.69, 9.17) is 0 Å². The van der Waals surface area contributed by atoms with Crippen LogP contribution >= 0.6 is 0 Å². The molecule has 0 N–H and O–H groups in total. The Labute approximate surface area is 201 Å². The molecule has 0 radical (unpaired) electrons. The summed E-state index contributed by atoms with van der Waals surface area (Å²) < 4.78 is 0. The Morgan fingerprint density at radius 3 is 1.40 bits per heavy atom. The predicted molar refractivity (Wildman–Crippen MR) is 132 cm³/mol. The molecule has 0 spiro atoms. The molecule has 2 aliphatic rings. The van der Waals surface area contributed by atoms with Crippen molar-refractivity contribution in [1.82, 2.24) is 4.90 Å². The lowest BCUT2D eigenvalue weighted by Gasteiger charge is -2.30. The number of amides is 4. The van der Waals surface area contributed by atoms with E-state index in [0.717, 1.165) is 21.8 Å². The highest BCUT2D eigenvalue weighted by Crippen LogP contribution is 2.38. The molecule has 4 amide bonds. The molecule has 0 saturated carbocycles. The van der Waals surface area contributed by atoms with Crippen LogP contribution in [0.3, 0.4) is 0 Å². The number of nitrogens with zero attached hydrogens (tertiary/aromatic N) is 2. The lowest BCUT2D eigenvalue weighted by atomic mass is 9.86. The number of carbonyl (C=O) groups excluding carboxylic acids is 4. The van der Waals surface area contributed by atoms with Gasteiger partial charge in [0.15, 0.2) is 0 Å². The molecule has 170 valence electrons.